The number of aryl methyl sites for hydroxylation is 1. The molecule has 38 heavy (non-hydrogen) atoms. The van der Waals surface area contributed by atoms with Crippen molar-refractivity contribution in [3.63, 3.8) is 0 Å². The molecule has 11 heteroatoms. The van der Waals surface area contributed by atoms with Gasteiger partial charge in [0.05, 0.1) is 34.3 Å². The van der Waals surface area contributed by atoms with Crippen molar-refractivity contribution in [2.75, 3.05) is 11.4 Å². The predicted octanol–water partition coefficient (Wildman–Crippen LogP) is 2.70. The van der Waals surface area contributed by atoms with Gasteiger partial charge < -0.3 is 26.0 Å². The summed E-state index contributed by atoms with van der Waals surface area (Å²) in [6, 6.07) is 1.19. The van der Waals surface area contributed by atoms with Gasteiger partial charge in [-0.3, -0.25) is 14.5 Å². The summed E-state index contributed by atoms with van der Waals surface area (Å²) in [5, 5.41) is 12.7. The fraction of sp³-hybridized carbons (Fsp3) is 0.556. The minimum atomic E-state index is -0.258. The number of amides is 4. The molecule has 3 fully saturated rings. The highest BCUT2D eigenvalue weighted by Gasteiger charge is 2.52. The van der Waals surface area contributed by atoms with Crippen LogP contribution in [0.1, 0.15) is 51.5 Å². The maximum absolute atomic E-state index is 13.6. The van der Waals surface area contributed by atoms with E-state index >= 15 is 0 Å². The average molecular weight is 541 g/mol. The lowest BCUT2D eigenvalue weighted by atomic mass is 9.86. The van der Waals surface area contributed by atoms with Crippen LogP contribution in [0, 0.1) is 12.8 Å². The Bertz CT molecular complexity index is 1170. The van der Waals surface area contributed by atoms with Crippen LogP contribution in [0.4, 0.5) is 10.5 Å². The molecule has 0 radical (unpaired) electrons. The van der Waals surface area contributed by atoms with E-state index in [0.717, 1.165) is 49.9 Å². The molecule has 4 N–H and O–H groups in total. The van der Waals surface area contributed by atoms with Crippen molar-refractivity contribution in [1.82, 2.24) is 26.3 Å². The third-order valence-corrected chi connectivity index (χ3v) is 8.97. The first-order valence-corrected chi connectivity index (χ1v) is 14.3. The van der Waals surface area contributed by atoms with Gasteiger partial charge in [0.15, 0.2) is 0 Å². The van der Waals surface area contributed by atoms with Crippen molar-refractivity contribution in [2.45, 2.75) is 82.5 Å². The van der Waals surface area contributed by atoms with Crippen LogP contribution in [0.5, 0.6) is 5.88 Å². The lowest BCUT2D eigenvalue weighted by molar-refractivity contribution is -0.120. The molecule has 3 aliphatic heterocycles. The zero-order valence-electron chi connectivity index (χ0n) is 22.1. The van der Waals surface area contributed by atoms with E-state index in [9.17, 15) is 14.4 Å². The van der Waals surface area contributed by atoms with E-state index in [4.69, 9.17) is 4.74 Å². The number of pyridine rings is 1. The largest absolute Gasteiger partial charge is 0.475 e. The second-order valence-electron chi connectivity index (χ2n) is 10.6. The van der Waals surface area contributed by atoms with Crippen LogP contribution in [-0.4, -0.2) is 59.0 Å². The molecule has 1 aromatic rings. The van der Waals surface area contributed by atoms with Crippen LogP contribution >= 0.6 is 11.8 Å². The molecule has 1 saturated carbocycles. The molecule has 5 rings (SSSR count). The summed E-state index contributed by atoms with van der Waals surface area (Å²) in [5.74, 6) is 0.0371. The number of piperidine rings is 1. The molecular weight excluding hydrogens is 504 g/mol. The van der Waals surface area contributed by atoms with E-state index < -0.39 is 0 Å². The van der Waals surface area contributed by atoms with Gasteiger partial charge >= 0.3 is 6.03 Å². The Hall–Kier alpha value is -3.05. The van der Waals surface area contributed by atoms with Crippen LogP contribution < -0.4 is 30.9 Å². The van der Waals surface area contributed by atoms with Crippen LogP contribution in [0.25, 0.3) is 0 Å². The lowest BCUT2D eigenvalue weighted by Crippen LogP contribution is -2.62. The normalized spacial score (nSPS) is 28.5. The Morgan fingerprint density at radius 3 is 2.66 bits per heavy atom. The quantitative estimate of drug-likeness (QED) is 0.392. The molecule has 4 aliphatic rings. The molecule has 10 nitrogen and oxygen atoms in total. The number of anilines is 1. The van der Waals surface area contributed by atoms with Gasteiger partial charge in [-0.1, -0.05) is 31.2 Å². The summed E-state index contributed by atoms with van der Waals surface area (Å²) < 4.78 is 5.73. The van der Waals surface area contributed by atoms with Gasteiger partial charge in [-0.05, 0) is 58.2 Å². The molecule has 0 aromatic carbocycles. The number of hydrogen-bond acceptors (Lipinski definition) is 7. The summed E-state index contributed by atoms with van der Waals surface area (Å²) >= 11 is 1.48. The zero-order valence-corrected chi connectivity index (χ0v) is 22.9. The van der Waals surface area contributed by atoms with E-state index in [1.165, 1.54) is 17.8 Å². The lowest BCUT2D eigenvalue weighted by Gasteiger charge is -2.46. The highest BCUT2D eigenvalue weighted by Crippen LogP contribution is 2.48. The van der Waals surface area contributed by atoms with E-state index in [2.05, 4.69) is 32.8 Å². The smallest absolute Gasteiger partial charge is 0.326 e. The monoisotopic (exact) mass is 540 g/mol. The first-order valence-electron chi connectivity index (χ1n) is 13.4. The summed E-state index contributed by atoms with van der Waals surface area (Å²) in [6.45, 7) is 10.1. The standard InChI is InChI=1S/C27H36N6O4S/c1-5-20(34)30-16-8-6-7-9-17(16)31-25(35)24-23-22-18(10-11-28-26(22)38-24)33(27(36)32-23)19-13-29-21(12-15(19)4)37-14(2)3/h5,12-14,16-18,22,26,28H,1,6-11H2,2-4H3,(H,30,34)(H,31,35)(H,32,36)/t16-,17+,18?,22?,26?/m0/s1. The first kappa shape index (κ1) is 26.6. The van der Waals surface area contributed by atoms with E-state index in [-0.39, 0.29) is 53.4 Å². The van der Waals surface area contributed by atoms with Crippen LogP contribution in [0.2, 0.25) is 0 Å². The van der Waals surface area contributed by atoms with Gasteiger partial charge in [0.25, 0.3) is 5.91 Å². The van der Waals surface area contributed by atoms with Crippen LogP contribution in [-0.2, 0) is 9.59 Å². The number of carbonyl (C=O) groups excluding carboxylic acids is 3. The van der Waals surface area contributed by atoms with Crippen LogP contribution in [0.15, 0.2) is 35.5 Å². The molecule has 3 unspecified atom stereocenters. The van der Waals surface area contributed by atoms with Gasteiger partial charge in [0.2, 0.25) is 11.8 Å². The Morgan fingerprint density at radius 2 is 1.97 bits per heavy atom. The molecule has 0 spiro atoms. The van der Waals surface area contributed by atoms with Gasteiger partial charge in [0.1, 0.15) is 0 Å². The Kier molecular flexibility index (Phi) is 7.67. The second-order valence-corrected chi connectivity index (χ2v) is 11.7. The van der Waals surface area contributed by atoms with E-state index in [1.54, 1.807) is 11.1 Å². The minimum Gasteiger partial charge on any atom is -0.475 e. The second kappa shape index (κ2) is 11.0. The number of thioether (sulfide) groups is 1. The summed E-state index contributed by atoms with van der Waals surface area (Å²) in [5.41, 5.74) is 2.33. The predicted molar refractivity (Wildman–Crippen MR) is 147 cm³/mol. The highest BCUT2D eigenvalue weighted by atomic mass is 32.2. The number of nitrogens with one attached hydrogen (secondary N) is 4. The van der Waals surface area contributed by atoms with E-state index in [0.29, 0.717) is 16.5 Å². The van der Waals surface area contributed by atoms with Crippen molar-refractivity contribution >= 4 is 35.3 Å². The fourth-order valence-corrected chi connectivity index (χ4v) is 7.33. The Labute approximate surface area is 227 Å². The number of hydrogen-bond donors (Lipinski definition) is 4. The minimum absolute atomic E-state index is 0.00568. The third-order valence-electron chi connectivity index (χ3n) is 7.62. The molecular formula is C27H36N6O4S. The molecule has 204 valence electrons. The molecule has 0 bridgehead atoms. The van der Waals surface area contributed by atoms with Gasteiger partial charge in [-0.2, -0.15) is 0 Å². The summed E-state index contributed by atoms with van der Waals surface area (Å²) in [6.07, 6.45) is 7.30. The highest BCUT2D eigenvalue weighted by molar-refractivity contribution is 8.04. The van der Waals surface area contributed by atoms with Crippen molar-refractivity contribution in [2.24, 2.45) is 5.92 Å². The van der Waals surface area contributed by atoms with Crippen molar-refractivity contribution < 1.29 is 19.1 Å². The van der Waals surface area contributed by atoms with Crippen molar-refractivity contribution in [3.05, 3.63) is 41.1 Å². The fourth-order valence-electron chi connectivity index (χ4n) is 5.94. The molecule has 2 saturated heterocycles. The zero-order chi connectivity index (χ0) is 27.0. The number of aromatic nitrogens is 1. The molecule has 5 atom stereocenters. The molecule has 4 heterocycles. The third kappa shape index (κ3) is 5.13. The molecule has 1 aromatic heterocycles. The molecule has 4 amide bonds. The number of rotatable bonds is 7. The van der Waals surface area contributed by atoms with Crippen molar-refractivity contribution in [3.8, 4) is 5.88 Å². The van der Waals surface area contributed by atoms with Crippen molar-refractivity contribution in [1.29, 1.82) is 0 Å². The number of ether oxygens (including phenoxy) is 1. The Morgan fingerprint density at radius 1 is 1.24 bits per heavy atom. The Balaban J connectivity index is 1.38. The number of carbonyl (C=O) groups is 3. The number of nitrogens with zero attached hydrogens (tertiary/aromatic N) is 2. The maximum atomic E-state index is 13.6. The van der Waals surface area contributed by atoms with Gasteiger partial charge in [0, 0.05) is 29.8 Å². The van der Waals surface area contributed by atoms with Crippen LogP contribution in [0.3, 0.4) is 0 Å². The summed E-state index contributed by atoms with van der Waals surface area (Å²) in [7, 11) is 0. The summed E-state index contributed by atoms with van der Waals surface area (Å²) in [4.78, 5) is 45.8. The maximum Gasteiger partial charge on any atom is 0.326 e. The first-order chi connectivity index (χ1) is 18.3. The number of urea groups is 1. The SMILES string of the molecule is C=CC(=O)N[C@H]1CCCC[C@H]1NC(=O)C1=C2NC(=O)N(c3cnc(OC(C)C)cc3C)C3CCNC(S1)C23. The van der Waals surface area contributed by atoms with Gasteiger partial charge in [-0.15, -0.1) is 0 Å². The van der Waals surface area contributed by atoms with E-state index in [1.807, 2.05) is 26.8 Å². The topological polar surface area (TPSA) is 125 Å². The molecule has 1 aliphatic carbocycles. The van der Waals surface area contributed by atoms with Gasteiger partial charge in [-0.25, -0.2) is 9.78 Å². The average Bonchev–Trinajstić information content (AvgIpc) is 3.25.